The Hall–Kier alpha value is -6.99. The van der Waals surface area contributed by atoms with Gasteiger partial charge in [-0.25, -0.2) is 15.0 Å². The molecule has 0 aliphatic heterocycles. The fourth-order valence-corrected chi connectivity index (χ4v) is 8.51. The van der Waals surface area contributed by atoms with Crippen molar-refractivity contribution in [2.24, 2.45) is 0 Å². The second kappa shape index (κ2) is 12.8. The maximum absolute atomic E-state index is 10.3. The van der Waals surface area contributed by atoms with E-state index in [-0.39, 0.29) is 40.3 Å². The van der Waals surface area contributed by atoms with E-state index in [1.165, 1.54) is 0 Å². The van der Waals surface area contributed by atoms with Gasteiger partial charge in [0.1, 0.15) is 11.2 Å². The molecule has 12 aromatic rings. The van der Waals surface area contributed by atoms with Crippen molar-refractivity contribution >= 4 is 85.0 Å². The van der Waals surface area contributed by atoms with Gasteiger partial charge in [0, 0.05) is 67.8 Å². The summed E-state index contributed by atoms with van der Waals surface area (Å²) < 4.78 is 266. The molecule has 8 aromatic carbocycles. The number of hydrogen-bond acceptors (Lipinski definition) is 6. The Labute approximate surface area is 375 Å². The third kappa shape index (κ3) is 5.22. The van der Waals surface area contributed by atoms with Gasteiger partial charge in [-0.05, 0) is 70.6 Å². The first-order valence-corrected chi connectivity index (χ1v) is 18.2. The highest BCUT2D eigenvalue weighted by Crippen LogP contribution is 2.48. The van der Waals surface area contributed by atoms with Gasteiger partial charge >= 0.3 is 0 Å². The predicted octanol–water partition coefficient (Wildman–Crippen LogP) is 14.8. The molecule has 0 amide bonds. The Morgan fingerprint density at radius 3 is 1.61 bits per heavy atom. The number of hydrogen-bond donors (Lipinski definition) is 0. The van der Waals surface area contributed by atoms with Crippen LogP contribution in [0.25, 0.3) is 119 Å². The van der Waals surface area contributed by atoms with Crippen molar-refractivity contribution in [1.82, 2.24) is 15.0 Å². The fourth-order valence-electron chi connectivity index (χ4n) is 6.52. The molecule has 0 bridgehead atoms. The average molecular weight is 793 g/mol. The lowest BCUT2D eigenvalue weighted by Crippen LogP contribution is -2.00. The van der Waals surface area contributed by atoms with Gasteiger partial charge in [-0.3, -0.25) is 0 Å². The maximum atomic E-state index is 10.3. The summed E-state index contributed by atoms with van der Waals surface area (Å²) in [7, 11) is 0. The molecule has 57 heavy (non-hydrogen) atoms. The number of nitrogens with zero attached hydrogens (tertiary/aromatic N) is 3. The summed E-state index contributed by atoms with van der Waals surface area (Å²) in [6.45, 7) is 0. The molecule has 4 aromatic heterocycles. The van der Waals surface area contributed by atoms with Crippen molar-refractivity contribution < 1.29 is 44.2 Å². The van der Waals surface area contributed by atoms with Gasteiger partial charge in [-0.2, -0.15) is 0 Å². The summed E-state index contributed by atoms with van der Waals surface area (Å²) in [6.07, 6.45) is 0. The van der Waals surface area contributed by atoms with Crippen LogP contribution >= 0.6 is 22.7 Å². The first-order chi connectivity index (χ1) is 40.3. The van der Waals surface area contributed by atoms with Crippen LogP contribution in [0.4, 0.5) is 0 Å². The number of benzene rings is 8. The summed E-state index contributed by atoms with van der Waals surface area (Å²) in [6, 6.07) is -23.4. The Morgan fingerprint density at radius 2 is 0.912 bits per heavy atom. The van der Waals surface area contributed by atoms with Crippen molar-refractivity contribution in [3.05, 3.63) is 175 Å². The summed E-state index contributed by atoms with van der Waals surface area (Å²) >= 11 is 1.30. The Kier molecular flexibility index (Phi) is 3.32. The van der Waals surface area contributed by atoms with Crippen LogP contribution in [0.1, 0.15) is 39.8 Å². The first-order valence-electron chi connectivity index (χ1n) is 31.1. The number of rotatable bonds is 5. The minimum atomic E-state index is -0.989. The van der Waals surface area contributed by atoms with E-state index in [2.05, 4.69) is 15.0 Å². The lowest BCUT2D eigenvalue weighted by Gasteiger charge is -2.12. The van der Waals surface area contributed by atoms with Crippen LogP contribution in [-0.2, 0) is 0 Å². The number of furan rings is 1. The molecule has 0 saturated carbocycles. The molecule has 4 nitrogen and oxygen atoms in total. The van der Waals surface area contributed by atoms with Gasteiger partial charge in [0.05, 0.1) is 39.8 Å². The largest absolute Gasteiger partial charge is 0.456 e. The second-order valence-corrected chi connectivity index (χ2v) is 14.1. The zero-order chi connectivity index (χ0) is 62.7. The quantitative estimate of drug-likeness (QED) is 0.174. The van der Waals surface area contributed by atoms with E-state index in [0.29, 0.717) is 22.7 Å². The molecule has 0 aliphatic rings. The van der Waals surface area contributed by atoms with Crippen molar-refractivity contribution in [3.8, 4) is 56.4 Å². The lowest BCUT2D eigenvalue weighted by atomic mass is 9.91. The molecule has 0 unspecified atom stereocenters. The summed E-state index contributed by atoms with van der Waals surface area (Å²) in [4.78, 5) is 12.9. The highest BCUT2D eigenvalue weighted by atomic mass is 32.1. The van der Waals surface area contributed by atoms with Crippen LogP contribution in [0.15, 0.2) is 180 Å². The number of fused-ring (bicyclic) bond motifs is 9. The van der Waals surface area contributed by atoms with Gasteiger partial charge in [0.25, 0.3) is 0 Å². The van der Waals surface area contributed by atoms with Crippen molar-refractivity contribution in [1.29, 1.82) is 0 Å². The van der Waals surface area contributed by atoms with Gasteiger partial charge < -0.3 is 4.42 Å². The maximum Gasteiger partial charge on any atom is 0.164 e. The SMILES string of the molecule is [2H]c1c([2H])c([2H])c(-c2nc(-c3c([2H])c([2H])c([2H])c([2H])c3[2H])nc(-c3c([2H])c([2H])c4c(oc5c([2H])c([2H])c([2H])c(-c6c([2H])c(-c7c([2H])c([2H])c([2H])c8sc9c([2H])c([2H])c([2H])c([2H])c9c78)c([2H])c7sc8c([2H])c([2H])c([2H])c([2H])c8c67)c54)c3[2H])n2)c([2H])c1[2H]. The van der Waals surface area contributed by atoms with Crippen molar-refractivity contribution in [3.63, 3.8) is 0 Å². The molecule has 0 radical (unpaired) electrons. The van der Waals surface area contributed by atoms with Gasteiger partial charge in [0.15, 0.2) is 17.5 Å². The van der Waals surface area contributed by atoms with E-state index in [9.17, 15) is 13.7 Å². The fraction of sp³-hybridized carbons (Fsp3) is 0. The van der Waals surface area contributed by atoms with Gasteiger partial charge in [0.2, 0.25) is 0 Å². The Balaban J connectivity index is 1.26. The average Bonchev–Trinajstić information content (AvgIpc) is 1.54. The molecule has 0 spiro atoms. The van der Waals surface area contributed by atoms with Gasteiger partial charge in [-0.1, -0.05) is 127 Å². The van der Waals surface area contributed by atoms with E-state index in [1.54, 1.807) is 0 Å². The number of aromatic nitrogens is 3. The van der Waals surface area contributed by atoms with E-state index in [0.717, 1.165) is 0 Å². The molecule has 0 atom stereocenters. The molecule has 0 N–H and O–H groups in total. The van der Waals surface area contributed by atoms with Crippen LogP contribution in [0, 0.1) is 0 Å². The summed E-state index contributed by atoms with van der Waals surface area (Å²) in [5.41, 5.74) is -5.88. The topological polar surface area (TPSA) is 51.8 Å². The van der Waals surface area contributed by atoms with Crippen molar-refractivity contribution in [2.45, 2.75) is 0 Å². The molecule has 4 heterocycles. The zero-order valence-electron chi connectivity index (χ0n) is 57.1. The minimum absolute atomic E-state index is 0.118. The van der Waals surface area contributed by atoms with Crippen LogP contribution in [0.5, 0.6) is 0 Å². The standard InChI is InChI=1S/C51H29N3OS2/c1-3-13-30(14-4-1)49-52-50(31-15-5-2-6-16-31)54-51(53-49)32-25-26-36-41(28-32)55-40-21-11-20-35(46(36)40)39-27-33(29-45-48(39)38-18-8-10-23-43(38)57-45)34-19-12-24-44-47(34)37-17-7-9-22-42(37)56-44/h1-29H/i1D,2D,3D,4D,5D,6D,7D,8D,9D,10D,11D,12D,13D,14D,15D,16D,17D,18D,19D,20D,21D,22D,23D,24D,25D,26D,27D,28D,29D. The van der Waals surface area contributed by atoms with E-state index < -0.39 is 254 Å². The van der Waals surface area contributed by atoms with Gasteiger partial charge in [-0.15, -0.1) is 22.7 Å². The third-order valence-electron chi connectivity index (χ3n) is 8.90. The molecule has 0 aliphatic carbocycles. The zero-order valence-corrected chi connectivity index (χ0v) is 29.7. The van der Waals surface area contributed by atoms with E-state index in [1.807, 2.05) is 0 Å². The highest BCUT2D eigenvalue weighted by Gasteiger charge is 2.21. The second-order valence-electron chi connectivity index (χ2n) is 12.1. The van der Waals surface area contributed by atoms with Crippen LogP contribution in [0.3, 0.4) is 0 Å². The highest BCUT2D eigenvalue weighted by molar-refractivity contribution is 7.26. The van der Waals surface area contributed by atoms with Crippen LogP contribution in [0.2, 0.25) is 0 Å². The van der Waals surface area contributed by atoms with Crippen LogP contribution in [-0.4, -0.2) is 15.0 Å². The molecule has 0 fully saturated rings. The third-order valence-corrected chi connectivity index (χ3v) is 10.9. The van der Waals surface area contributed by atoms with E-state index in [4.69, 9.17) is 30.5 Å². The first kappa shape index (κ1) is 14.8. The Bertz CT molecular complexity index is 5100. The normalized spacial score (nSPS) is 19.0. The smallest absolute Gasteiger partial charge is 0.164 e. The molecule has 6 heteroatoms. The summed E-state index contributed by atoms with van der Waals surface area (Å²) in [5, 5.41) is -2.29. The lowest BCUT2D eigenvalue weighted by molar-refractivity contribution is 0.669. The molecule has 266 valence electrons. The Morgan fingerprint density at radius 1 is 0.351 bits per heavy atom. The predicted molar refractivity (Wildman–Crippen MR) is 240 cm³/mol. The monoisotopic (exact) mass is 792 g/mol. The molecule has 0 saturated heterocycles. The van der Waals surface area contributed by atoms with Crippen LogP contribution < -0.4 is 0 Å². The summed E-state index contributed by atoms with van der Waals surface area (Å²) in [5.74, 6) is -2.42. The molecule has 12 rings (SSSR count). The molecular weight excluding hydrogens is 735 g/mol. The number of thiophene rings is 2. The minimum Gasteiger partial charge on any atom is -0.456 e. The molecular formula is C51H29N3OS2. The van der Waals surface area contributed by atoms with E-state index >= 15 is 0 Å². The van der Waals surface area contributed by atoms with Crippen molar-refractivity contribution in [2.75, 3.05) is 0 Å².